The van der Waals surface area contributed by atoms with Gasteiger partial charge in [0.15, 0.2) is 11.5 Å². The summed E-state index contributed by atoms with van der Waals surface area (Å²) in [6, 6.07) is 11.4. The number of hydrogen-bond donors (Lipinski definition) is 2. The highest BCUT2D eigenvalue weighted by Crippen LogP contribution is 2.29. The summed E-state index contributed by atoms with van der Waals surface area (Å²) in [6.07, 6.45) is 9.75. The van der Waals surface area contributed by atoms with Crippen LogP contribution >= 0.6 is 11.6 Å². The third-order valence-electron chi connectivity index (χ3n) is 5.34. The van der Waals surface area contributed by atoms with E-state index >= 15 is 0 Å². The van der Waals surface area contributed by atoms with E-state index < -0.39 is 11.9 Å². The lowest BCUT2D eigenvalue weighted by molar-refractivity contribution is -0.126. The Bertz CT molecular complexity index is 1040. The summed E-state index contributed by atoms with van der Waals surface area (Å²) in [7, 11) is 1.44. The van der Waals surface area contributed by atoms with Crippen LogP contribution in [-0.4, -0.2) is 37.7 Å². The zero-order valence-electron chi connectivity index (χ0n) is 20.8. The number of nitrogens with one attached hydrogen (secondary N) is 2. The van der Waals surface area contributed by atoms with Crippen LogP contribution in [0.5, 0.6) is 11.5 Å². The van der Waals surface area contributed by atoms with E-state index in [2.05, 4.69) is 22.8 Å². The van der Waals surface area contributed by atoms with Crippen LogP contribution in [0.4, 0.5) is 0 Å². The third kappa shape index (κ3) is 10.5. The molecule has 194 valence electrons. The van der Waals surface area contributed by atoms with Gasteiger partial charge in [-0.15, -0.1) is 0 Å². The molecule has 0 saturated carbocycles. The lowest BCUT2D eigenvalue weighted by Crippen LogP contribution is -2.34. The summed E-state index contributed by atoms with van der Waals surface area (Å²) < 4.78 is 10.7. The van der Waals surface area contributed by atoms with Gasteiger partial charge in [-0.1, -0.05) is 69.2 Å². The van der Waals surface area contributed by atoms with Crippen molar-refractivity contribution in [3.05, 3.63) is 58.6 Å². The average molecular weight is 516 g/mol. The minimum Gasteiger partial charge on any atom is -0.493 e. The zero-order valence-corrected chi connectivity index (χ0v) is 21.6. The van der Waals surface area contributed by atoms with E-state index in [9.17, 15) is 14.4 Å². The molecule has 2 amide bonds. The molecule has 0 aliphatic rings. The van der Waals surface area contributed by atoms with Crippen LogP contribution in [0.2, 0.25) is 5.02 Å². The number of methoxy groups -OCH3 is 1. The molecule has 2 rings (SSSR count). The molecule has 0 spiro atoms. The summed E-state index contributed by atoms with van der Waals surface area (Å²) >= 11 is 6.05. The van der Waals surface area contributed by atoms with Crippen molar-refractivity contribution in [2.75, 3.05) is 13.7 Å². The number of unbranched alkanes of at least 4 members (excludes halogenated alkanes) is 6. The fraction of sp³-hybridized carbons (Fsp3) is 0.407. The fourth-order valence-corrected chi connectivity index (χ4v) is 3.57. The lowest BCUT2D eigenvalue weighted by atomic mass is 10.1. The summed E-state index contributed by atoms with van der Waals surface area (Å²) in [5, 5.41) is 6.79. The minimum atomic E-state index is -0.610. The number of halogens is 1. The monoisotopic (exact) mass is 515 g/mol. The van der Waals surface area contributed by atoms with Gasteiger partial charge >= 0.3 is 5.97 Å². The topological polar surface area (TPSA) is 106 Å². The SMILES string of the molecule is CCCCCCCCCC(=O)NCC(=O)N/N=C/c1ccc(OC(=O)c2ccccc2Cl)c(OC)c1. The molecular formula is C27H34ClN3O5. The van der Waals surface area contributed by atoms with Crippen molar-refractivity contribution in [3.63, 3.8) is 0 Å². The lowest BCUT2D eigenvalue weighted by Gasteiger charge is -2.10. The Balaban J connectivity index is 1.75. The van der Waals surface area contributed by atoms with Crippen molar-refractivity contribution in [2.24, 2.45) is 5.10 Å². The van der Waals surface area contributed by atoms with Crippen LogP contribution in [0.1, 0.15) is 74.2 Å². The van der Waals surface area contributed by atoms with Crippen LogP contribution < -0.4 is 20.2 Å². The normalized spacial score (nSPS) is 10.8. The van der Waals surface area contributed by atoms with E-state index in [1.54, 1.807) is 42.5 Å². The van der Waals surface area contributed by atoms with Crippen molar-refractivity contribution in [1.29, 1.82) is 0 Å². The van der Waals surface area contributed by atoms with Gasteiger partial charge in [-0.05, 0) is 42.3 Å². The highest BCUT2D eigenvalue weighted by Gasteiger charge is 2.15. The fourth-order valence-electron chi connectivity index (χ4n) is 3.36. The quantitative estimate of drug-likeness (QED) is 0.110. The molecule has 0 aromatic heterocycles. The van der Waals surface area contributed by atoms with Gasteiger partial charge in [0, 0.05) is 6.42 Å². The van der Waals surface area contributed by atoms with Gasteiger partial charge in [0.2, 0.25) is 5.91 Å². The summed E-state index contributed by atoms with van der Waals surface area (Å²) in [6.45, 7) is 2.04. The first-order valence-electron chi connectivity index (χ1n) is 12.2. The second-order valence-electron chi connectivity index (χ2n) is 8.22. The summed E-state index contributed by atoms with van der Waals surface area (Å²) in [4.78, 5) is 36.2. The van der Waals surface area contributed by atoms with Gasteiger partial charge in [-0.2, -0.15) is 5.10 Å². The predicted molar refractivity (Wildman–Crippen MR) is 141 cm³/mol. The molecule has 8 nitrogen and oxygen atoms in total. The van der Waals surface area contributed by atoms with Gasteiger partial charge < -0.3 is 14.8 Å². The van der Waals surface area contributed by atoms with E-state index in [4.69, 9.17) is 21.1 Å². The highest BCUT2D eigenvalue weighted by molar-refractivity contribution is 6.33. The number of ether oxygens (including phenoxy) is 2. The number of amides is 2. The maximum Gasteiger partial charge on any atom is 0.345 e. The molecular weight excluding hydrogens is 482 g/mol. The largest absolute Gasteiger partial charge is 0.493 e. The van der Waals surface area contributed by atoms with Crippen LogP contribution in [-0.2, 0) is 9.59 Å². The maximum absolute atomic E-state index is 12.4. The highest BCUT2D eigenvalue weighted by atomic mass is 35.5. The molecule has 0 atom stereocenters. The van der Waals surface area contributed by atoms with Crippen LogP contribution in [0.15, 0.2) is 47.6 Å². The van der Waals surface area contributed by atoms with Crippen molar-refractivity contribution < 1.29 is 23.9 Å². The van der Waals surface area contributed by atoms with Gasteiger partial charge in [0.25, 0.3) is 5.91 Å². The number of hydrogen-bond acceptors (Lipinski definition) is 6. The smallest absolute Gasteiger partial charge is 0.345 e. The van der Waals surface area contributed by atoms with Crippen molar-refractivity contribution in [2.45, 2.75) is 58.3 Å². The molecule has 9 heteroatoms. The Morgan fingerprint density at radius 1 is 0.944 bits per heavy atom. The standard InChI is InChI=1S/C27H34ClN3O5/c1-3-4-5-6-7-8-9-14-25(32)29-19-26(33)31-30-18-20-15-16-23(24(17-20)35-2)36-27(34)21-12-10-11-13-22(21)28/h10-13,15-18H,3-9,14,19H2,1-2H3,(H,29,32)(H,31,33)/b30-18+. The number of rotatable bonds is 15. The molecule has 0 radical (unpaired) electrons. The molecule has 0 aliphatic heterocycles. The Kier molecular flexibility index (Phi) is 13.1. The van der Waals surface area contributed by atoms with Gasteiger partial charge in [-0.3, -0.25) is 9.59 Å². The molecule has 2 N–H and O–H groups in total. The molecule has 0 heterocycles. The van der Waals surface area contributed by atoms with Crippen molar-refractivity contribution in [3.8, 4) is 11.5 Å². The molecule has 0 fully saturated rings. The first kappa shape index (κ1) is 28.8. The molecule has 2 aromatic carbocycles. The third-order valence-corrected chi connectivity index (χ3v) is 5.67. The number of hydrazone groups is 1. The maximum atomic E-state index is 12.4. The van der Waals surface area contributed by atoms with E-state index in [1.165, 1.54) is 39.0 Å². The first-order valence-corrected chi connectivity index (χ1v) is 12.6. The predicted octanol–water partition coefficient (Wildman–Crippen LogP) is 5.27. The second-order valence-corrected chi connectivity index (χ2v) is 8.63. The number of benzene rings is 2. The Morgan fingerprint density at radius 2 is 1.67 bits per heavy atom. The van der Waals surface area contributed by atoms with E-state index in [1.807, 2.05) is 0 Å². The molecule has 0 saturated heterocycles. The van der Waals surface area contributed by atoms with Gasteiger partial charge in [-0.25, -0.2) is 10.2 Å². The number of nitrogens with zero attached hydrogens (tertiary/aromatic N) is 1. The first-order chi connectivity index (χ1) is 17.4. The molecule has 0 bridgehead atoms. The molecule has 2 aromatic rings. The van der Waals surface area contributed by atoms with E-state index in [0.29, 0.717) is 17.7 Å². The van der Waals surface area contributed by atoms with Gasteiger partial charge in [0.05, 0.1) is 30.5 Å². The molecule has 36 heavy (non-hydrogen) atoms. The van der Waals surface area contributed by atoms with Crippen molar-refractivity contribution >= 4 is 35.6 Å². The number of carbonyl (C=O) groups is 3. The van der Waals surface area contributed by atoms with Crippen molar-refractivity contribution in [1.82, 2.24) is 10.7 Å². The van der Waals surface area contributed by atoms with E-state index in [-0.39, 0.29) is 28.8 Å². The Labute approximate surface area is 217 Å². The Hall–Kier alpha value is -3.39. The number of carbonyl (C=O) groups excluding carboxylic acids is 3. The minimum absolute atomic E-state index is 0.144. The second kappa shape index (κ2) is 16.3. The molecule has 0 aliphatic carbocycles. The van der Waals surface area contributed by atoms with E-state index in [0.717, 1.165) is 19.3 Å². The summed E-state index contributed by atoms with van der Waals surface area (Å²) in [5.41, 5.74) is 3.21. The number of esters is 1. The zero-order chi connectivity index (χ0) is 26.2. The van der Waals surface area contributed by atoms with Gasteiger partial charge in [0.1, 0.15) is 0 Å². The summed E-state index contributed by atoms with van der Waals surface area (Å²) in [5.74, 6) is -0.664. The average Bonchev–Trinajstić information content (AvgIpc) is 2.87. The van der Waals surface area contributed by atoms with Crippen LogP contribution in [0.3, 0.4) is 0 Å². The van der Waals surface area contributed by atoms with Crippen LogP contribution in [0, 0.1) is 0 Å². The molecule has 0 unspecified atom stereocenters. The Morgan fingerprint density at radius 3 is 2.39 bits per heavy atom. The van der Waals surface area contributed by atoms with Crippen LogP contribution in [0.25, 0.3) is 0 Å².